The number of rotatable bonds is 2. The number of hydrogen-bond acceptors (Lipinski definition) is 5. The van der Waals surface area contributed by atoms with Crippen LogP contribution in [0.15, 0.2) is 35.0 Å². The number of oxazole rings is 1. The molecule has 0 radical (unpaired) electrons. The SMILES string of the molecule is Cc1cncc(-c2nc3nc(C(=O)O)ccc3o2)c1. The minimum atomic E-state index is -1.09. The van der Waals surface area contributed by atoms with E-state index in [0.717, 1.165) is 11.1 Å². The van der Waals surface area contributed by atoms with Crippen molar-refractivity contribution in [3.8, 4) is 11.5 Å². The normalized spacial score (nSPS) is 10.8. The Hall–Kier alpha value is -2.76. The van der Waals surface area contributed by atoms with E-state index in [1.54, 1.807) is 18.5 Å². The first-order valence-corrected chi connectivity index (χ1v) is 5.56. The van der Waals surface area contributed by atoms with Crippen molar-refractivity contribution < 1.29 is 14.3 Å². The van der Waals surface area contributed by atoms with Crippen LogP contribution < -0.4 is 0 Å². The maximum atomic E-state index is 10.8. The largest absolute Gasteiger partial charge is 0.477 e. The summed E-state index contributed by atoms with van der Waals surface area (Å²) in [4.78, 5) is 23.0. The quantitative estimate of drug-likeness (QED) is 0.755. The molecule has 0 saturated heterocycles. The summed E-state index contributed by atoms with van der Waals surface area (Å²) in [5.74, 6) is -0.718. The second kappa shape index (κ2) is 4.16. The average Bonchev–Trinajstić information content (AvgIpc) is 2.81. The molecule has 0 bridgehead atoms. The van der Waals surface area contributed by atoms with Gasteiger partial charge in [0.2, 0.25) is 5.89 Å². The lowest BCUT2D eigenvalue weighted by atomic mass is 10.2. The minimum absolute atomic E-state index is 0.0604. The molecule has 3 aromatic rings. The number of aryl methyl sites for hydroxylation is 1. The zero-order valence-electron chi connectivity index (χ0n) is 9.99. The van der Waals surface area contributed by atoms with Gasteiger partial charge in [0.05, 0.1) is 5.56 Å². The molecule has 0 aliphatic carbocycles. The lowest BCUT2D eigenvalue weighted by Gasteiger charge is -1.94. The molecule has 0 aromatic carbocycles. The van der Waals surface area contributed by atoms with E-state index in [1.165, 1.54) is 6.07 Å². The molecule has 0 saturated carbocycles. The first-order valence-electron chi connectivity index (χ1n) is 5.56. The number of nitrogens with zero attached hydrogens (tertiary/aromatic N) is 3. The van der Waals surface area contributed by atoms with E-state index in [0.29, 0.717) is 11.5 Å². The van der Waals surface area contributed by atoms with Gasteiger partial charge in [-0.1, -0.05) is 0 Å². The molecule has 1 N–H and O–H groups in total. The second-order valence-electron chi connectivity index (χ2n) is 4.09. The van der Waals surface area contributed by atoms with E-state index in [9.17, 15) is 4.79 Å². The van der Waals surface area contributed by atoms with E-state index in [4.69, 9.17) is 9.52 Å². The number of aromatic carboxylic acids is 1. The van der Waals surface area contributed by atoms with Gasteiger partial charge in [-0.05, 0) is 30.7 Å². The van der Waals surface area contributed by atoms with Gasteiger partial charge >= 0.3 is 5.97 Å². The summed E-state index contributed by atoms with van der Waals surface area (Å²) >= 11 is 0. The van der Waals surface area contributed by atoms with Gasteiger partial charge in [-0.15, -0.1) is 0 Å². The molecule has 6 nitrogen and oxygen atoms in total. The van der Waals surface area contributed by atoms with Gasteiger partial charge in [-0.2, -0.15) is 4.98 Å². The van der Waals surface area contributed by atoms with Crippen molar-refractivity contribution in [1.82, 2.24) is 15.0 Å². The fraction of sp³-hybridized carbons (Fsp3) is 0.0769. The molecule has 3 aromatic heterocycles. The Morgan fingerprint density at radius 1 is 1.26 bits per heavy atom. The van der Waals surface area contributed by atoms with E-state index >= 15 is 0 Å². The summed E-state index contributed by atoms with van der Waals surface area (Å²) in [6.07, 6.45) is 3.36. The summed E-state index contributed by atoms with van der Waals surface area (Å²) in [5.41, 5.74) is 2.38. The number of carbonyl (C=O) groups is 1. The highest BCUT2D eigenvalue weighted by Crippen LogP contribution is 2.23. The highest BCUT2D eigenvalue weighted by atomic mass is 16.4. The molecule has 6 heteroatoms. The Morgan fingerprint density at radius 3 is 2.84 bits per heavy atom. The molecule has 94 valence electrons. The molecule has 0 atom stereocenters. The number of carboxylic acid groups (broad SMARTS) is 1. The van der Waals surface area contributed by atoms with E-state index in [2.05, 4.69) is 15.0 Å². The van der Waals surface area contributed by atoms with Crippen molar-refractivity contribution in [2.24, 2.45) is 0 Å². The Kier molecular flexibility index (Phi) is 2.49. The topological polar surface area (TPSA) is 89.1 Å². The summed E-state index contributed by atoms with van der Waals surface area (Å²) in [5, 5.41) is 8.87. The molecule has 0 spiro atoms. The van der Waals surface area contributed by atoms with Gasteiger partial charge in [0, 0.05) is 12.4 Å². The fourth-order valence-electron chi connectivity index (χ4n) is 1.73. The first-order chi connectivity index (χ1) is 9.13. The van der Waals surface area contributed by atoms with Gasteiger partial charge in [-0.3, -0.25) is 4.98 Å². The molecule has 0 fully saturated rings. The van der Waals surface area contributed by atoms with Gasteiger partial charge in [0.1, 0.15) is 0 Å². The number of aromatic nitrogens is 3. The molecule has 3 rings (SSSR count). The lowest BCUT2D eigenvalue weighted by molar-refractivity contribution is 0.0691. The minimum Gasteiger partial charge on any atom is -0.477 e. The van der Waals surface area contributed by atoms with Crippen LogP contribution in [0.2, 0.25) is 0 Å². The number of fused-ring (bicyclic) bond motifs is 1. The van der Waals surface area contributed by atoms with Crippen molar-refractivity contribution in [2.75, 3.05) is 0 Å². The predicted octanol–water partition coefficient (Wildman–Crippen LogP) is 2.29. The van der Waals surface area contributed by atoms with Crippen molar-refractivity contribution >= 4 is 17.2 Å². The highest BCUT2D eigenvalue weighted by Gasteiger charge is 2.12. The monoisotopic (exact) mass is 255 g/mol. The van der Waals surface area contributed by atoms with Crippen molar-refractivity contribution in [2.45, 2.75) is 6.92 Å². The molecule has 3 heterocycles. The van der Waals surface area contributed by atoms with Crippen LogP contribution in [0.1, 0.15) is 16.1 Å². The molecule has 0 aliphatic heterocycles. The van der Waals surface area contributed by atoms with E-state index in [1.807, 2.05) is 13.0 Å². The van der Waals surface area contributed by atoms with Crippen LogP contribution in [0, 0.1) is 6.92 Å². The van der Waals surface area contributed by atoms with Crippen LogP contribution in [-0.2, 0) is 0 Å². The molecular formula is C13H9N3O3. The van der Waals surface area contributed by atoms with Crippen molar-refractivity contribution in [3.63, 3.8) is 0 Å². The fourth-order valence-corrected chi connectivity index (χ4v) is 1.73. The number of hydrogen-bond donors (Lipinski definition) is 1. The Morgan fingerprint density at radius 2 is 2.11 bits per heavy atom. The maximum absolute atomic E-state index is 10.8. The second-order valence-corrected chi connectivity index (χ2v) is 4.09. The third-order valence-electron chi connectivity index (χ3n) is 2.59. The first kappa shape index (κ1) is 11.3. The van der Waals surface area contributed by atoms with E-state index < -0.39 is 5.97 Å². The van der Waals surface area contributed by atoms with Gasteiger partial charge in [0.15, 0.2) is 16.9 Å². The molecule has 0 amide bonds. The number of pyridine rings is 2. The summed E-state index contributed by atoms with van der Waals surface area (Å²) in [6.45, 7) is 1.92. The smallest absolute Gasteiger partial charge is 0.354 e. The maximum Gasteiger partial charge on any atom is 0.354 e. The van der Waals surface area contributed by atoms with Crippen LogP contribution in [0.5, 0.6) is 0 Å². The Balaban J connectivity index is 2.14. The molecule has 19 heavy (non-hydrogen) atoms. The Bertz CT molecular complexity index is 780. The predicted molar refractivity (Wildman–Crippen MR) is 66.7 cm³/mol. The summed E-state index contributed by atoms with van der Waals surface area (Å²) in [6, 6.07) is 4.81. The molecule has 0 aliphatic rings. The third-order valence-corrected chi connectivity index (χ3v) is 2.59. The number of carboxylic acids is 1. The molecule has 0 unspecified atom stereocenters. The Labute approximate surface area is 107 Å². The summed E-state index contributed by atoms with van der Waals surface area (Å²) < 4.78 is 5.54. The zero-order valence-corrected chi connectivity index (χ0v) is 9.99. The van der Waals surface area contributed by atoms with Crippen LogP contribution >= 0.6 is 0 Å². The van der Waals surface area contributed by atoms with Gasteiger partial charge in [-0.25, -0.2) is 9.78 Å². The van der Waals surface area contributed by atoms with Crippen LogP contribution in [0.3, 0.4) is 0 Å². The van der Waals surface area contributed by atoms with Crippen molar-refractivity contribution in [1.29, 1.82) is 0 Å². The van der Waals surface area contributed by atoms with Gasteiger partial charge < -0.3 is 9.52 Å². The summed E-state index contributed by atoms with van der Waals surface area (Å²) in [7, 11) is 0. The van der Waals surface area contributed by atoms with E-state index in [-0.39, 0.29) is 11.3 Å². The van der Waals surface area contributed by atoms with Crippen LogP contribution in [-0.4, -0.2) is 26.0 Å². The zero-order chi connectivity index (χ0) is 13.4. The van der Waals surface area contributed by atoms with Crippen LogP contribution in [0.25, 0.3) is 22.7 Å². The highest BCUT2D eigenvalue weighted by molar-refractivity contribution is 5.88. The standard InChI is InChI=1S/C13H9N3O3/c1-7-4-8(6-14-5-7)12-16-11-10(19-12)3-2-9(15-11)13(17)18/h2-6H,1H3,(H,17,18). The third kappa shape index (κ3) is 2.03. The average molecular weight is 255 g/mol. The van der Waals surface area contributed by atoms with Gasteiger partial charge in [0.25, 0.3) is 0 Å². The van der Waals surface area contributed by atoms with Crippen LogP contribution in [0.4, 0.5) is 0 Å². The lowest BCUT2D eigenvalue weighted by Crippen LogP contribution is -1.99. The molecular weight excluding hydrogens is 246 g/mol. The van der Waals surface area contributed by atoms with Crippen molar-refractivity contribution in [3.05, 3.63) is 41.9 Å².